The number of carbonyl (C=O) groups excluding carboxylic acids is 5. The molecule has 1 atom stereocenters. The number of hydrogen-bond donors (Lipinski definition) is 2. The summed E-state index contributed by atoms with van der Waals surface area (Å²) in [6.45, 7) is 8.76. The van der Waals surface area contributed by atoms with Gasteiger partial charge in [0.25, 0.3) is 5.56 Å². The standard InChI is InChI=1S/C43H50N6O9/c1-8-37(51)47(7)22-38(52)46(6)20-28-18-29(44-26(5)50)15-14-27(28)23-58-42(55)48(25(3)4)17-16-30-31-12-10-11-13-35(31)45-39-32(30)21-49-36(39)19-34-33(40(49)53)24-57-41(54)43(34,56)9-2/h10-15,18-19,25,56H,8-9,16-17,20-24H2,1-7H3,(H,44,50)/t43-/m0/s1. The first-order chi connectivity index (χ1) is 27.6. The van der Waals surface area contributed by atoms with Crippen molar-refractivity contribution in [1.29, 1.82) is 0 Å². The molecular formula is C43H50N6O9. The molecular weight excluding hydrogens is 745 g/mol. The molecule has 0 saturated heterocycles. The Morgan fingerprint density at radius 3 is 2.43 bits per heavy atom. The zero-order valence-corrected chi connectivity index (χ0v) is 34.0. The van der Waals surface area contributed by atoms with Crippen LogP contribution in [-0.4, -0.2) is 92.4 Å². The Kier molecular flexibility index (Phi) is 12.0. The summed E-state index contributed by atoms with van der Waals surface area (Å²) in [5, 5.41) is 15.0. The van der Waals surface area contributed by atoms with Crippen LogP contribution in [0.3, 0.4) is 0 Å². The van der Waals surface area contributed by atoms with Crippen molar-refractivity contribution in [3.8, 4) is 11.4 Å². The van der Waals surface area contributed by atoms with Gasteiger partial charge in [0.15, 0.2) is 5.60 Å². The van der Waals surface area contributed by atoms with Crippen LogP contribution in [0.15, 0.2) is 53.3 Å². The Morgan fingerprint density at radius 1 is 1.00 bits per heavy atom. The number of cyclic esters (lactones) is 1. The molecule has 0 spiro atoms. The monoisotopic (exact) mass is 794 g/mol. The topological polar surface area (TPSA) is 181 Å². The third kappa shape index (κ3) is 8.03. The van der Waals surface area contributed by atoms with Crippen LogP contribution in [0.4, 0.5) is 10.5 Å². The van der Waals surface area contributed by atoms with E-state index in [1.54, 1.807) is 61.7 Å². The number of rotatable bonds is 13. The minimum absolute atomic E-state index is 0.0344. The summed E-state index contributed by atoms with van der Waals surface area (Å²) in [6, 6.07) is 14.2. The van der Waals surface area contributed by atoms with Crippen LogP contribution in [0, 0.1) is 0 Å². The lowest BCUT2D eigenvalue weighted by Gasteiger charge is -2.31. The molecule has 2 N–H and O–H groups in total. The first-order valence-corrected chi connectivity index (χ1v) is 19.5. The highest BCUT2D eigenvalue weighted by molar-refractivity contribution is 5.90. The number of nitrogens with one attached hydrogen (secondary N) is 1. The largest absolute Gasteiger partial charge is 0.458 e. The zero-order valence-electron chi connectivity index (χ0n) is 34.0. The number of amides is 4. The average molecular weight is 795 g/mol. The molecule has 4 heterocycles. The minimum atomic E-state index is -1.95. The Bertz CT molecular complexity index is 2370. The van der Waals surface area contributed by atoms with Gasteiger partial charge in [-0.2, -0.15) is 0 Å². The summed E-state index contributed by atoms with van der Waals surface area (Å²) < 4.78 is 12.8. The van der Waals surface area contributed by atoms with E-state index >= 15 is 0 Å². The van der Waals surface area contributed by atoms with E-state index in [9.17, 15) is 33.9 Å². The van der Waals surface area contributed by atoms with Crippen LogP contribution in [0.2, 0.25) is 0 Å². The second kappa shape index (κ2) is 16.8. The fourth-order valence-electron chi connectivity index (χ4n) is 7.63. The van der Waals surface area contributed by atoms with Gasteiger partial charge in [-0.05, 0) is 67.6 Å². The Labute approximate surface area is 336 Å². The highest BCUT2D eigenvalue weighted by atomic mass is 16.6. The van der Waals surface area contributed by atoms with Crippen LogP contribution >= 0.6 is 0 Å². The molecule has 2 aliphatic rings. The third-order valence-corrected chi connectivity index (χ3v) is 11.0. The smallest absolute Gasteiger partial charge is 0.410 e. The SMILES string of the molecule is CCC(=O)N(C)CC(=O)N(C)Cc1cc(NC(C)=O)ccc1COC(=O)N(CCc1c2c(nc3ccccc13)-c1cc3c(c(=O)n1C2)COC(=O)[C@]3(O)CC)C(C)C. The molecule has 58 heavy (non-hydrogen) atoms. The average Bonchev–Trinajstić information content (AvgIpc) is 3.56. The van der Waals surface area contributed by atoms with Gasteiger partial charge in [-0.1, -0.05) is 38.1 Å². The van der Waals surface area contributed by atoms with Crippen molar-refractivity contribution in [2.45, 2.75) is 91.8 Å². The maximum atomic E-state index is 13.9. The number of ether oxygens (including phenoxy) is 2. The normalized spacial score (nSPS) is 15.3. The van der Waals surface area contributed by atoms with Gasteiger partial charge >= 0.3 is 12.1 Å². The fraction of sp³-hybridized carbons (Fsp3) is 0.419. The third-order valence-electron chi connectivity index (χ3n) is 11.0. The van der Waals surface area contributed by atoms with Gasteiger partial charge in [-0.15, -0.1) is 0 Å². The number of benzene rings is 2. The molecule has 15 heteroatoms. The molecule has 15 nitrogen and oxygen atoms in total. The van der Waals surface area contributed by atoms with E-state index < -0.39 is 17.7 Å². The molecule has 0 fully saturated rings. The molecule has 0 bridgehead atoms. The van der Waals surface area contributed by atoms with Crippen LogP contribution in [0.25, 0.3) is 22.3 Å². The van der Waals surface area contributed by atoms with E-state index in [1.165, 1.54) is 16.7 Å². The second-order valence-electron chi connectivity index (χ2n) is 15.1. The molecule has 0 radical (unpaired) electrons. The van der Waals surface area contributed by atoms with Crippen molar-refractivity contribution in [2.24, 2.45) is 0 Å². The molecule has 4 aromatic rings. The minimum Gasteiger partial charge on any atom is -0.458 e. The molecule has 2 aromatic heterocycles. The number of esters is 1. The van der Waals surface area contributed by atoms with E-state index in [4.69, 9.17) is 14.5 Å². The van der Waals surface area contributed by atoms with Crippen molar-refractivity contribution in [3.05, 3.63) is 92.3 Å². The van der Waals surface area contributed by atoms with E-state index in [2.05, 4.69) is 5.32 Å². The number of carbonyl (C=O) groups is 5. The van der Waals surface area contributed by atoms with Crippen LogP contribution < -0.4 is 10.9 Å². The molecule has 4 amide bonds. The number of aromatic nitrogens is 2. The summed E-state index contributed by atoms with van der Waals surface area (Å²) in [7, 11) is 3.20. The lowest BCUT2D eigenvalue weighted by atomic mass is 9.86. The first kappa shape index (κ1) is 41.5. The van der Waals surface area contributed by atoms with Crippen molar-refractivity contribution < 1.29 is 38.6 Å². The predicted molar refractivity (Wildman–Crippen MR) is 215 cm³/mol. The predicted octanol–water partition coefficient (Wildman–Crippen LogP) is 4.45. The number of aliphatic hydroxyl groups is 1. The number of pyridine rings is 2. The zero-order chi connectivity index (χ0) is 42.1. The lowest BCUT2D eigenvalue weighted by molar-refractivity contribution is -0.172. The van der Waals surface area contributed by atoms with Crippen LogP contribution in [0.1, 0.15) is 80.8 Å². The highest BCUT2D eigenvalue weighted by Gasteiger charge is 2.45. The first-order valence-electron chi connectivity index (χ1n) is 19.5. The lowest BCUT2D eigenvalue weighted by Crippen LogP contribution is -2.44. The van der Waals surface area contributed by atoms with Crippen LogP contribution in [0.5, 0.6) is 0 Å². The Morgan fingerprint density at radius 2 is 1.74 bits per heavy atom. The molecule has 6 rings (SSSR count). The van der Waals surface area contributed by atoms with Crippen molar-refractivity contribution in [3.63, 3.8) is 0 Å². The molecule has 306 valence electrons. The Balaban J connectivity index is 1.25. The summed E-state index contributed by atoms with van der Waals surface area (Å²) in [5.41, 5.74) is 3.48. The summed E-state index contributed by atoms with van der Waals surface area (Å²) in [4.78, 5) is 86.8. The van der Waals surface area contributed by atoms with Gasteiger partial charge in [-0.3, -0.25) is 19.2 Å². The van der Waals surface area contributed by atoms with Gasteiger partial charge < -0.3 is 39.2 Å². The number of nitrogens with zero attached hydrogens (tertiary/aromatic N) is 5. The quantitative estimate of drug-likeness (QED) is 0.162. The maximum absolute atomic E-state index is 13.9. The van der Waals surface area contributed by atoms with Crippen LogP contribution in [-0.2, 0) is 67.0 Å². The van der Waals surface area contributed by atoms with Gasteiger partial charge in [0.2, 0.25) is 17.7 Å². The molecule has 0 saturated carbocycles. The number of para-hydroxylation sites is 1. The fourth-order valence-corrected chi connectivity index (χ4v) is 7.63. The van der Waals surface area contributed by atoms with E-state index in [1.807, 2.05) is 38.1 Å². The molecule has 0 aliphatic carbocycles. The van der Waals surface area contributed by atoms with E-state index in [0.717, 1.165) is 16.5 Å². The number of fused-ring (bicyclic) bond motifs is 5. The number of likely N-dealkylation sites (N-methyl/N-ethyl adjacent to an activating group) is 2. The molecule has 2 aliphatic heterocycles. The molecule has 2 aromatic carbocycles. The Hall–Kier alpha value is -6.09. The van der Waals surface area contributed by atoms with Gasteiger partial charge in [0.05, 0.1) is 35.6 Å². The number of hydrogen-bond acceptors (Lipinski definition) is 10. The van der Waals surface area contributed by atoms with E-state index in [0.29, 0.717) is 40.1 Å². The molecule has 0 unspecified atom stereocenters. The maximum Gasteiger partial charge on any atom is 0.410 e. The van der Waals surface area contributed by atoms with Gasteiger partial charge in [0.1, 0.15) is 13.2 Å². The summed E-state index contributed by atoms with van der Waals surface area (Å²) in [5.74, 6) is -1.49. The summed E-state index contributed by atoms with van der Waals surface area (Å²) in [6.07, 6.45) is 0.160. The highest BCUT2D eigenvalue weighted by Crippen LogP contribution is 2.40. The van der Waals surface area contributed by atoms with Gasteiger partial charge in [-0.25, -0.2) is 14.6 Å². The second-order valence-corrected chi connectivity index (χ2v) is 15.1. The van der Waals surface area contributed by atoms with E-state index in [-0.39, 0.29) is 92.7 Å². The number of anilines is 1. The van der Waals surface area contributed by atoms with Crippen molar-refractivity contribution in [2.75, 3.05) is 32.5 Å². The van der Waals surface area contributed by atoms with Gasteiger partial charge in [0, 0.05) is 68.8 Å². The summed E-state index contributed by atoms with van der Waals surface area (Å²) >= 11 is 0. The van der Waals surface area contributed by atoms with Crippen molar-refractivity contribution >= 4 is 46.4 Å². The van der Waals surface area contributed by atoms with Crippen molar-refractivity contribution in [1.82, 2.24) is 24.3 Å².